The average Bonchev–Trinajstić information content (AvgIpc) is 3.14. The highest BCUT2D eigenvalue weighted by Gasteiger charge is 2.28. The van der Waals surface area contributed by atoms with Gasteiger partial charge in [0.05, 0.1) is 6.04 Å². The molecule has 0 aliphatic heterocycles. The molecule has 1 aromatic carbocycles. The Labute approximate surface area is 155 Å². The van der Waals surface area contributed by atoms with E-state index in [1.54, 1.807) is 6.92 Å². The van der Waals surface area contributed by atoms with E-state index in [1.165, 1.54) is 6.07 Å². The molecule has 5 N–H and O–H groups in total. The standard InChI is InChI=1S/C18H22N4O5/c1-2-15(23)22(10-16(24)25)14-9-13(27-21-14)17(20)18(26)12(19)8-11-6-4-3-5-7-11/h3-7,9,12,17H,2,8,10,19-20H2,1H3,(H,24,25)/t12-,17?/m0/s1. The molecule has 144 valence electrons. The lowest BCUT2D eigenvalue weighted by Crippen LogP contribution is -2.39. The molecule has 1 heterocycles. The van der Waals surface area contributed by atoms with Crippen molar-refractivity contribution in [2.75, 3.05) is 11.4 Å². The van der Waals surface area contributed by atoms with Gasteiger partial charge in [0.15, 0.2) is 17.4 Å². The molecular formula is C18H22N4O5. The van der Waals surface area contributed by atoms with E-state index in [-0.39, 0.29) is 18.0 Å². The molecule has 0 saturated carbocycles. The second kappa shape index (κ2) is 9.06. The normalized spacial score (nSPS) is 13.0. The zero-order valence-electron chi connectivity index (χ0n) is 14.9. The predicted molar refractivity (Wildman–Crippen MR) is 96.8 cm³/mol. The number of hydrogen-bond acceptors (Lipinski definition) is 7. The zero-order chi connectivity index (χ0) is 20.0. The first-order valence-electron chi connectivity index (χ1n) is 8.41. The van der Waals surface area contributed by atoms with Crippen LogP contribution in [0.25, 0.3) is 0 Å². The number of nitrogens with zero attached hydrogens (tertiary/aromatic N) is 2. The fourth-order valence-electron chi connectivity index (χ4n) is 2.52. The molecule has 0 radical (unpaired) electrons. The fourth-order valence-corrected chi connectivity index (χ4v) is 2.52. The van der Waals surface area contributed by atoms with Crippen LogP contribution in [0.5, 0.6) is 0 Å². The minimum atomic E-state index is -1.20. The summed E-state index contributed by atoms with van der Waals surface area (Å²) >= 11 is 0. The maximum Gasteiger partial charge on any atom is 0.323 e. The van der Waals surface area contributed by atoms with Crippen molar-refractivity contribution in [3.8, 4) is 0 Å². The SMILES string of the molecule is CCC(=O)N(CC(=O)O)c1cc(C(N)C(=O)[C@@H](N)Cc2ccccc2)on1. The predicted octanol–water partition coefficient (Wildman–Crippen LogP) is 0.641. The van der Waals surface area contributed by atoms with Crippen LogP contribution in [-0.2, 0) is 20.8 Å². The maximum absolute atomic E-state index is 12.5. The highest BCUT2D eigenvalue weighted by molar-refractivity contribution is 5.96. The summed E-state index contributed by atoms with van der Waals surface area (Å²) < 4.78 is 5.07. The first-order chi connectivity index (χ1) is 12.8. The van der Waals surface area contributed by atoms with E-state index < -0.39 is 36.3 Å². The number of ketones is 1. The second-order valence-corrected chi connectivity index (χ2v) is 5.99. The van der Waals surface area contributed by atoms with E-state index in [0.717, 1.165) is 10.5 Å². The number of carbonyl (C=O) groups excluding carboxylic acids is 2. The van der Waals surface area contributed by atoms with E-state index >= 15 is 0 Å². The Balaban J connectivity index is 2.12. The second-order valence-electron chi connectivity index (χ2n) is 5.99. The molecule has 0 aliphatic rings. The summed E-state index contributed by atoms with van der Waals surface area (Å²) in [5, 5.41) is 12.6. The first-order valence-corrected chi connectivity index (χ1v) is 8.41. The van der Waals surface area contributed by atoms with Gasteiger partial charge in [0.25, 0.3) is 0 Å². The molecule has 2 atom stereocenters. The van der Waals surface area contributed by atoms with Gasteiger partial charge in [0.1, 0.15) is 12.6 Å². The average molecular weight is 374 g/mol. The summed E-state index contributed by atoms with van der Waals surface area (Å²) in [5.41, 5.74) is 12.8. The van der Waals surface area contributed by atoms with Gasteiger partial charge in [0.2, 0.25) is 5.91 Å². The Kier molecular flexibility index (Phi) is 6.80. The summed E-state index contributed by atoms with van der Waals surface area (Å²) in [6.07, 6.45) is 0.399. The Morgan fingerprint density at radius 2 is 1.89 bits per heavy atom. The van der Waals surface area contributed by atoms with Crippen LogP contribution < -0.4 is 16.4 Å². The van der Waals surface area contributed by atoms with Crippen molar-refractivity contribution in [1.29, 1.82) is 0 Å². The van der Waals surface area contributed by atoms with Crippen LogP contribution in [0.15, 0.2) is 40.9 Å². The molecule has 0 saturated heterocycles. The number of carboxylic acids is 1. The van der Waals surface area contributed by atoms with Crippen LogP contribution in [0.3, 0.4) is 0 Å². The Hall–Kier alpha value is -3.04. The van der Waals surface area contributed by atoms with Crippen molar-refractivity contribution >= 4 is 23.5 Å². The molecule has 0 spiro atoms. The number of nitrogens with two attached hydrogens (primary N) is 2. The number of carboxylic acid groups (broad SMARTS) is 1. The van der Waals surface area contributed by atoms with Crippen LogP contribution in [0.2, 0.25) is 0 Å². The summed E-state index contributed by atoms with van der Waals surface area (Å²) in [7, 11) is 0. The van der Waals surface area contributed by atoms with Crippen LogP contribution in [0, 0.1) is 0 Å². The smallest absolute Gasteiger partial charge is 0.323 e. The first kappa shape index (κ1) is 20.3. The molecule has 27 heavy (non-hydrogen) atoms. The molecule has 0 aliphatic carbocycles. The summed E-state index contributed by atoms with van der Waals surface area (Å²) in [6.45, 7) is 1.02. The third-order valence-corrected chi connectivity index (χ3v) is 3.97. The minimum Gasteiger partial charge on any atom is -0.480 e. The zero-order valence-corrected chi connectivity index (χ0v) is 14.9. The van der Waals surface area contributed by atoms with Gasteiger partial charge in [-0.1, -0.05) is 42.4 Å². The maximum atomic E-state index is 12.5. The number of carbonyl (C=O) groups is 3. The minimum absolute atomic E-state index is 0.0119. The Morgan fingerprint density at radius 3 is 2.48 bits per heavy atom. The van der Waals surface area contributed by atoms with E-state index in [4.69, 9.17) is 21.1 Å². The molecule has 2 aromatic rings. The number of rotatable bonds is 9. The summed E-state index contributed by atoms with van der Waals surface area (Å²) in [4.78, 5) is 36.3. The van der Waals surface area contributed by atoms with E-state index in [1.807, 2.05) is 30.3 Å². The van der Waals surface area contributed by atoms with Crippen molar-refractivity contribution in [3.63, 3.8) is 0 Å². The van der Waals surface area contributed by atoms with Gasteiger partial charge in [-0.3, -0.25) is 19.3 Å². The molecule has 9 nitrogen and oxygen atoms in total. The summed E-state index contributed by atoms with van der Waals surface area (Å²) in [6, 6.07) is 8.52. The van der Waals surface area contributed by atoms with Crippen LogP contribution >= 0.6 is 0 Å². The Morgan fingerprint density at radius 1 is 1.22 bits per heavy atom. The number of benzene rings is 1. The number of aromatic nitrogens is 1. The van der Waals surface area contributed by atoms with Gasteiger partial charge in [-0.05, 0) is 12.0 Å². The van der Waals surface area contributed by atoms with Gasteiger partial charge in [-0.15, -0.1) is 0 Å². The highest BCUT2D eigenvalue weighted by Crippen LogP contribution is 2.21. The molecule has 0 fully saturated rings. The van der Waals surface area contributed by atoms with Crippen molar-refractivity contribution in [1.82, 2.24) is 5.16 Å². The molecular weight excluding hydrogens is 352 g/mol. The van der Waals surface area contributed by atoms with Gasteiger partial charge in [0, 0.05) is 12.5 Å². The van der Waals surface area contributed by atoms with Crippen molar-refractivity contribution < 1.29 is 24.0 Å². The molecule has 1 unspecified atom stereocenters. The lowest BCUT2D eigenvalue weighted by atomic mass is 9.98. The third-order valence-electron chi connectivity index (χ3n) is 3.97. The molecule has 1 aromatic heterocycles. The molecule has 1 amide bonds. The molecule has 2 rings (SSSR count). The quantitative estimate of drug-likeness (QED) is 0.578. The van der Waals surface area contributed by atoms with Crippen molar-refractivity contribution in [3.05, 3.63) is 47.7 Å². The van der Waals surface area contributed by atoms with E-state index in [0.29, 0.717) is 6.42 Å². The fraction of sp³-hybridized carbons (Fsp3) is 0.333. The highest BCUT2D eigenvalue weighted by atomic mass is 16.5. The number of Topliss-reactive ketones (excluding diaryl/α,β-unsaturated/α-hetero) is 1. The van der Waals surface area contributed by atoms with Crippen molar-refractivity contribution in [2.24, 2.45) is 11.5 Å². The Bertz CT molecular complexity index is 805. The van der Waals surface area contributed by atoms with Crippen LogP contribution in [-0.4, -0.2) is 40.5 Å². The lowest BCUT2D eigenvalue weighted by Gasteiger charge is -2.16. The van der Waals surface area contributed by atoms with Gasteiger partial charge < -0.3 is 21.1 Å². The number of hydrogen-bond donors (Lipinski definition) is 3. The van der Waals surface area contributed by atoms with Crippen molar-refractivity contribution in [2.45, 2.75) is 31.8 Å². The van der Waals surface area contributed by atoms with Crippen LogP contribution in [0.1, 0.15) is 30.7 Å². The number of amides is 1. The molecule has 0 bridgehead atoms. The van der Waals surface area contributed by atoms with Gasteiger partial charge >= 0.3 is 5.97 Å². The van der Waals surface area contributed by atoms with E-state index in [2.05, 4.69) is 5.16 Å². The monoisotopic (exact) mass is 374 g/mol. The number of aliphatic carboxylic acids is 1. The van der Waals surface area contributed by atoms with Gasteiger partial charge in [-0.2, -0.15) is 0 Å². The molecule has 9 heteroatoms. The summed E-state index contributed by atoms with van der Waals surface area (Å²) in [5.74, 6) is -2.10. The van der Waals surface area contributed by atoms with E-state index in [9.17, 15) is 14.4 Å². The number of anilines is 1. The van der Waals surface area contributed by atoms with Crippen LogP contribution in [0.4, 0.5) is 5.82 Å². The lowest BCUT2D eigenvalue weighted by molar-refractivity contribution is -0.136. The largest absolute Gasteiger partial charge is 0.480 e. The topological polar surface area (TPSA) is 153 Å². The van der Waals surface area contributed by atoms with Gasteiger partial charge in [-0.25, -0.2) is 0 Å². The third kappa shape index (κ3) is 5.22.